The van der Waals surface area contributed by atoms with E-state index in [9.17, 15) is 8.78 Å². The molecular weight excluding hydrogens is 286 g/mol. The summed E-state index contributed by atoms with van der Waals surface area (Å²) in [6.07, 6.45) is 4.19. The molecule has 0 unspecified atom stereocenters. The fraction of sp³-hybridized carbons (Fsp3) is 0.647. The maximum Gasteiger partial charge on any atom is 0.134 e. The number of hydrogen-bond acceptors (Lipinski definition) is 3. The highest BCUT2D eigenvalue weighted by atomic mass is 19.1. The van der Waals surface area contributed by atoms with Crippen LogP contribution in [0.2, 0.25) is 0 Å². The van der Waals surface area contributed by atoms with Crippen LogP contribution in [0.1, 0.15) is 31.2 Å². The molecule has 1 aliphatic carbocycles. The lowest BCUT2D eigenvalue weighted by molar-refractivity contribution is 0.0651. The first kappa shape index (κ1) is 15.7. The van der Waals surface area contributed by atoms with Crippen molar-refractivity contribution in [2.45, 2.75) is 38.3 Å². The van der Waals surface area contributed by atoms with E-state index in [4.69, 9.17) is 4.74 Å². The molecular formula is C17H24F2N2O. The number of halogens is 2. The molecule has 3 rings (SSSR count). The van der Waals surface area contributed by atoms with Crippen LogP contribution >= 0.6 is 0 Å². The number of nitrogens with zero attached hydrogens (tertiary/aromatic N) is 1. The van der Waals surface area contributed by atoms with Crippen LogP contribution in [0.15, 0.2) is 12.1 Å². The molecule has 3 nitrogen and oxygen atoms in total. The van der Waals surface area contributed by atoms with E-state index >= 15 is 0 Å². The van der Waals surface area contributed by atoms with Crippen molar-refractivity contribution in [1.82, 2.24) is 10.2 Å². The van der Waals surface area contributed by atoms with Crippen LogP contribution in [0, 0.1) is 17.6 Å². The van der Waals surface area contributed by atoms with Crippen LogP contribution in [0.3, 0.4) is 0 Å². The summed E-state index contributed by atoms with van der Waals surface area (Å²) in [6.45, 7) is 3.17. The molecule has 1 saturated carbocycles. The molecule has 122 valence electrons. The molecule has 1 heterocycles. The van der Waals surface area contributed by atoms with E-state index in [-0.39, 0.29) is 11.7 Å². The zero-order chi connectivity index (χ0) is 15.5. The molecule has 1 aromatic carbocycles. The fourth-order valence-electron chi connectivity index (χ4n) is 3.38. The molecule has 0 radical (unpaired) electrons. The summed E-state index contributed by atoms with van der Waals surface area (Å²) in [4.78, 5) is 2.09. The van der Waals surface area contributed by atoms with Gasteiger partial charge in [-0.15, -0.1) is 0 Å². The molecule has 0 atom stereocenters. The second kappa shape index (κ2) is 6.92. The van der Waals surface area contributed by atoms with Crippen LogP contribution in [-0.4, -0.2) is 37.7 Å². The highest BCUT2D eigenvalue weighted by Gasteiger charge is 2.30. The number of benzene rings is 1. The molecule has 1 aliphatic heterocycles. The van der Waals surface area contributed by atoms with Gasteiger partial charge in [-0.25, -0.2) is 8.78 Å². The zero-order valence-electron chi connectivity index (χ0n) is 13.1. The smallest absolute Gasteiger partial charge is 0.134 e. The van der Waals surface area contributed by atoms with Crippen LogP contribution < -0.4 is 10.1 Å². The lowest BCUT2D eigenvalue weighted by Gasteiger charge is -2.35. The van der Waals surface area contributed by atoms with E-state index in [1.54, 1.807) is 0 Å². The molecule has 22 heavy (non-hydrogen) atoms. The van der Waals surface area contributed by atoms with Crippen molar-refractivity contribution in [2.75, 3.05) is 26.7 Å². The predicted octanol–water partition coefficient (Wildman–Crippen LogP) is 2.94. The molecule has 5 heteroatoms. The van der Waals surface area contributed by atoms with Crippen LogP contribution in [0.25, 0.3) is 0 Å². The quantitative estimate of drug-likeness (QED) is 0.874. The highest BCUT2D eigenvalue weighted by Crippen LogP contribution is 2.32. The lowest BCUT2D eigenvalue weighted by atomic mass is 9.82. The largest absolute Gasteiger partial charge is 0.490 e. The Kier molecular flexibility index (Phi) is 4.93. The summed E-state index contributed by atoms with van der Waals surface area (Å²) >= 11 is 0. The molecule has 1 saturated heterocycles. The molecule has 1 aromatic rings. The van der Waals surface area contributed by atoms with E-state index in [1.807, 2.05) is 7.05 Å². The van der Waals surface area contributed by atoms with Gasteiger partial charge < -0.3 is 10.1 Å². The maximum absolute atomic E-state index is 14.2. The molecule has 0 bridgehead atoms. The Morgan fingerprint density at radius 3 is 2.41 bits per heavy atom. The van der Waals surface area contributed by atoms with Crippen molar-refractivity contribution in [3.05, 3.63) is 29.3 Å². The van der Waals surface area contributed by atoms with E-state index in [0.717, 1.165) is 45.3 Å². The SMILES string of the molecule is CNC[C@H]1C[C@H](Oc2cc(F)c(CN3CCCC3)c(F)c2)C1. The van der Waals surface area contributed by atoms with Crippen molar-refractivity contribution in [3.8, 4) is 5.75 Å². The minimum Gasteiger partial charge on any atom is -0.490 e. The first-order valence-electron chi connectivity index (χ1n) is 8.17. The van der Waals surface area contributed by atoms with Crippen molar-refractivity contribution in [3.63, 3.8) is 0 Å². The monoisotopic (exact) mass is 310 g/mol. The summed E-state index contributed by atoms with van der Waals surface area (Å²) in [5.41, 5.74) is 0.163. The van der Waals surface area contributed by atoms with Crippen LogP contribution in [-0.2, 0) is 6.54 Å². The Bertz CT molecular complexity index is 488. The minimum absolute atomic E-state index is 0.0848. The van der Waals surface area contributed by atoms with E-state index in [2.05, 4.69) is 10.2 Å². The third kappa shape index (κ3) is 3.58. The van der Waals surface area contributed by atoms with E-state index < -0.39 is 11.6 Å². The lowest BCUT2D eigenvalue weighted by Crippen LogP contribution is -2.38. The Labute approximate surface area is 130 Å². The molecule has 2 aliphatic rings. The van der Waals surface area contributed by atoms with E-state index in [0.29, 0.717) is 18.2 Å². The molecule has 2 fully saturated rings. The van der Waals surface area contributed by atoms with Crippen molar-refractivity contribution in [2.24, 2.45) is 5.92 Å². The summed E-state index contributed by atoms with van der Waals surface area (Å²) in [5.74, 6) is -0.0618. The van der Waals surface area contributed by atoms with Gasteiger partial charge in [0.2, 0.25) is 0 Å². The fourth-order valence-corrected chi connectivity index (χ4v) is 3.38. The van der Waals surface area contributed by atoms with Gasteiger partial charge >= 0.3 is 0 Å². The van der Waals surface area contributed by atoms with Crippen LogP contribution in [0.4, 0.5) is 8.78 Å². The summed E-state index contributed by atoms with van der Waals surface area (Å²) < 4.78 is 34.0. The molecule has 0 amide bonds. The number of nitrogens with one attached hydrogen (secondary N) is 1. The second-order valence-corrected chi connectivity index (χ2v) is 6.48. The Hall–Kier alpha value is -1.20. The zero-order valence-corrected chi connectivity index (χ0v) is 13.1. The number of ether oxygens (including phenoxy) is 1. The summed E-state index contributed by atoms with van der Waals surface area (Å²) in [6, 6.07) is 2.67. The molecule has 1 N–H and O–H groups in total. The van der Waals surface area contributed by atoms with Gasteiger partial charge in [0.1, 0.15) is 17.4 Å². The van der Waals surface area contributed by atoms with Gasteiger partial charge in [0, 0.05) is 24.2 Å². The third-order valence-electron chi connectivity index (χ3n) is 4.68. The first-order chi connectivity index (χ1) is 10.7. The van der Waals surface area contributed by atoms with Gasteiger partial charge in [0.15, 0.2) is 0 Å². The standard InChI is InChI=1S/C17H24F2N2O/c1-20-10-12-6-13(7-12)22-14-8-16(18)15(17(19)9-14)11-21-4-2-3-5-21/h8-9,12-13,20H,2-7,10-11H2,1H3/t12-,13-. The van der Waals surface area contributed by atoms with Gasteiger partial charge in [0.05, 0.1) is 6.10 Å². The van der Waals surface area contributed by atoms with Gasteiger partial charge in [0.25, 0.3) is 0 Å². The first-order valence-corrected chi connectivity index (χ1v) is 8.17. The van der Waals surface area contributed by atoms with Gasteiger partial charge in [-0.2, -0.15) is 0 Å². The maximum atomic E-state index is 14.2. The highest BCUT2D eigenvalue weighted by molar-refractivity contribution is 5.31. The third-order valence-corrected chi connectivity index (χ3v) is 4.68. The Balaban J connectivity index is 1.60. The minimum atomic E-state index is -0.493. The Morgan fingerprint density at radius 1 is 1.18 bits per heavy atom. The normalized spacial score (nSPS) is 25.2. The Morgan fingerprint density at radius 2 is 1.82 bits per heavy atom. The summed E-state index contributed by atoms with van der Waals surface area (Å²) in [7, 11) is 1.93. The summed E-state index contributed by atoms with van der Waals surface area (Å²) in [5, 5.41) is 3.13. The topological polar surface area (TPSA) is 24.5 Å². The number of rotatable bonds is 6. The number of hydrogen-bond donors (Lipinski definition) is 1. The second-order valence-electron chi connectivity index (χ2n) is 6.48. The van der Waals surface area contributed by atoms with Gasteiger partial charge in [-0.05, 0) is 58.3 Å². The average Bonchev–Trinajstić information content (AvgIpc) is 2.94. The van der Waals surface area contributed by atoms with Gasteiger partial charge in [-0.1, -0.05) is 0 Å². The molecule has 0 spiro atoms. The number of likely N-dealkylation sites (tertiary alicyclic amines) is 1. The van der Waals surface area contributed by atoms with Crippen molar-refractivity contribution in [1.29, 1.82) is 0 Å². The average molecular weight is 310 g/mol. The van der Waals surface area contributed by atoms with E-state index in [1.165, 1.54) is 12.1 Å². The van der Waals surface area contributed by atoms with Crippen molar-refractivity contribution < 1.29 is 13.5 Å². The van der Waals surface area contributed by atoms with Gasteiger partial charge in [-0.3, -0.25) is 4.90 Å². The van der Waals surface area contributed by atoms with Crippen molar-refractivity contribution >= 4 is 0 Å². The predicted molar refractivity (Wildman–Crippen MR) is 81.9 cm³/mol. The van der Waals surface area contributed by atoms with Crippen LogP contribution in [0.5, 0.6) is 5.75 Å². The molecule has 0 aromatic heterocycles.